The molecule has 25 heavy (non-hydrogen) atoms. The summed E-state index contributed by atoms with van der Waals surface area (Å²) in [4.78, 5) is 39.8. The molecule has 2 amide bonds. The van der Waals surface area contributed by atoms with Crippen LogP contribution >= 0.6 is 11.3 Å². The van der Waals surface area contributed by atoms with Crippen molar-refractivity contribution in [2.45, 2.75) is 13.8 Å². The molecule has 2 aromatic rings. The van der Waals surface area contributed by atoms with Gasteiger partial charge in [0, 0.05) is 22.8 Å². The van der Waals surface area contributed by atoms with Crippen LogP contribution in [0.4, 0.5) is 10.8 Å². The predicted octanol–water partition coefficient (Wildman–Crippen LogP) is 2.69. The van der Waals surface area contributed by atoms with Gasteiger partial charge in [0.15, 0.2) is 5.13 Å². The summed E-state index contributed by atoms with van der Waals surface area (Å²) in [5.41, 5.74) is 0.247. The topological polar surface area (TPSA) is 108 Å². The van der Waals surface area contributed by atoms with E-state index in [1.165, 1.54) is 11.3 Å². The summed E-state index contributed by atoms with van der Waals surface area (Å²) in [7, 11) is 0. The van der Waals surface area contributed by atoms with Crippen LogP contribution in [0.1, 0.15) is 24.2 Å². The van der Waals surface area contributed by atoms with Crippen molar-refractivity contribution in [3.8, 4) is 0 Å². The average Bonchev–Trinajstić information content (AvgIpc) is 2.88. The minimum absolute atomic E-state index is 0.332. The number of thiazole rings is 1. The second-order valence-corrected chi connectivity index (χ2v) is 7.37. The number of carbonyl (C=O) groups is 3. The number of rotatable bonds is 5. The number of nitrogens with zero attached hydrogens (tertiary/aromatic N) is 1. The average molecular weight is 359 g/mol. The van der Waals surface area contributed by atoms with Gasteiger partial charge >= 0.3 is 5.97 Å². The molecule has 8 heteroatoms. The van der Waals surface area contributed by atoms with Gasteiger partial charge in [-0.2, -0.15) is 0 Å². The van der Waals surface area contributed by atoms with E-state index in [4.69, 9.17) is 0 Å². The molecule has 130 valence electrons. The molecular weight excluding hydrogens is 342 g/mol. The highest BCUT2D eigenvalue weighted by molar-refractivity contribution is 7.13. The number of aromatic nitrogens is 1. The molecule has 1 heterocycles. The van der Waals surface area contributed by atoms with Gasteiger partial charge in [0.1, 0.15) is 0 Å². The molecule has 1 fully saturated rings. The van der Waals surface area contributed by atoms with Crippen molar-refractivity contribution >= 4 is 39.9 Å². The highest BCUT2D eigenvalue weighted by atomic mass is 32.1. The SMILES string of the molecule is CC1(C)[C@H](C(=O)O)[C@H]1C(=O)Nc1cccc(C(=O)Nc2nccs2)c1. The van der Waals surface area contributed by atoms with Crippen molar-refractivity contribution in [2.24, 2.45) is 17.3 Å². The number of carbonyl (C=O) groups excluding carboxylic acids is 2. The first kappa shape index (κ1) is 17.1. The Morgan fingerprint density at radius 1 is 1.20 bits per heavy atom. The molecule has 0 unspecified atom stereocenters. The Balaban J connectivity index is 1.69. The van der Waals surface area contributed by atoms with Gasteiger partial charge in [-0.05, 0) is 23.6 Å². The minimum atomic E-state index is -0.971. The summed E-state index contributed by atoms with van der Waals surface area (Å²) in [6.45, 7) is 3.52. The predicted molar refractivity (Wildman–Crippen MR) is 93.5 cm³/mol. The number of nitrogens with one attached hydrogen (secondary N) is 2. The summed E-state index contributed by atoms with van der Waals surface area (Å²) in [5, 5.41) is 16.8. The molecule has 0 bridgehead atoms. The normalized spacial score (nSPS) is 20.6. The van der Waals surface area contributed by atoms with Crippen LogP contribution in [-0.2, 0) is 9.59 Å². The number of benzene rings is 1. The fraction of sp³-hybridized carbons (Fsp3) is 0.294. The zero-order valence-electron chi connectivity index (χ0n) is 13.6. The minimum Gasteiger partial charge on any atom is -0.481 e. The van der Waals surface area contributed by atoms with E-state index in [9.17, 15) is 19.5 Å². The lowest BCUT2D eigenvalue weighted by Crippen LogP contribution is -2.18. The van der Waals surface area contributed by atoms with Gasteiger partial charge in [-0.25, -0.2) is 4.98 Å². The van der Waals surface area contributed by atoms with E-state index in [-0.39, 0.29) is 11.8 Å². The van der Waals surface area contributed by atoms with E-state index in [0.717, 1.165) is 0 Å². The summed E-state index contributed by atoms with van der Waals surface area (Å²) >= 11 is 1.31. The fourth-order valence-corrected chi connectivity index (χ4v) is 3.52. The fourth-order valence-electron chi connectivity index (χ4n) is 3.00. The number of anilines is 2. The first-order chi connectivity index (χ1) is 11.8. The molecule has 1 aromatic carbocycles. The van der Waals surface area contributed by atoms with Crippen molar-refractivity contribution in [1.82, 2.24) is 4.98 Å². The highest BCUT2D eigenvalue weighted by Gasteiger charge is 2.65. The van der Waals surface area contributed by atoms with Crippen molar-refractivity contribution in [1.29, 1.82) is 0 Å². The van der Waals surface area contributed by atoms with Gasteiger partial charge in [-0.3, -0.25) is 19.7 Å². The van der Waals surface area contributed by atoms with Gasteiger partial charge in [0.05, 0.1) is 11.8 Å². The van der Waals surface area contributed by atoms with Crippen molar-refractivity contribution in [2.75, 3.05) is 10.6 Å². The Labute approximate surface area is 148 Å². The lowest BCUT2D eigenvalue weighted by atomic mass is 10.1. The van der Waals surface area contributed by atoms with E-state index in [1.54, 1.807) is 49.7 Å². The van der Waals surface area contributed by atoms with E-state index in [1.807, 2.05) is 0 Å². The van der Waals surface area contributed by atoms with Gasteiger partial charge < -0.3 is 10.4 Å². The third kappa shape index (κ3) is 3.39. The Morgan fingerprint density at radius 2 is 1.96 bits per heavy atom. The molecule has 1 aliphatic carbocycles. The molecule has 0 radical (unpaired) electrons. The summed E-state index contributed by atoms with van der Waals surface area (Å²) < 4.78 is 0. The number of amides is 2. The van der Waals surface area contributed by atoms with Crippen LogP contribution in [0.5, 0.6) is 0 Å². The Morgan fingerprint density at radius 3 is 2.56 bits per heavy atom. The summed E-state index contributed by atoms with van der Waals surface area (Å²) in [6, 6.07) is 6.48. The number of carboxylic acid groups (broad SMARTS) is 1. The molecule has 1 aromatic heterocycles. The van der Waals surface area contributed by atoms with Crippen LogP contribution in [0.25, 0.3) is 0 Å². The molecule has 2 atom stereocenters. The van der Waals surface area contributed by atoms with Crippen LogP contribution in [0.2, 0.25) is 0 Å². The molecular formula is C17H17N3O4S. The summed E-state index contributed by atoms with van der Waals surface area (Å²) in [6.07, 6.45) is 1.59. The van der Waals surface area contributed by atoms with Crippen LogP contribution in [0.3, 0.4) is 0 Å². The Bertz CT molecular complexity index is 832. The molecule has 7 nitrogen and oxygen atoms in total. The molecule has 1 saturated carbocycles. The standard InChI is InChI=1S/C17H17N3O4S/c1-17(2)11(12(17)15(23)24)14(22)19-10-5-3-4-9(8-10)13(21)20-16-18-6-7-25-16/h3-8,11-12H,1-2H3,(H,19,22)(H,23,24)(H,18,20,21)/t11-,12-/m0/s1. The van der Waals surface area contributed by atoms with Crippen LogP contribution < -0.4 is 10.6 Å². The maximum Gasteiger partial charge on any atom is 0.307 e. The first-order valence-electron chi connectivity index (χ1n) is 7.65. The van der Waals surface area contributed by atoms with Crippen molar-refractivity contribution < 1.29 is 19.5 Å². The van der Waals surface area contributed by atoms with Crippen LogP contribution in [-0.4, -0.2) is 27.9 Å². The lowest BCUT2D eigenvalue weighted by Gasteiger charge is -2.08. The van der Waals surface area contributed by atoms with Crippen LogP contribution in [0, 0.1) is 17.3 Å². The van der Waals surface area contributed by atoms with Gasteiger partial charge in [-0.15, -0.1) is 11.3 Å². The zero-order valence-corrected chi connectivity index (χ0v) is 14.5. The quantitative estimate of drug-likeness (QED) is 0.760. The largest absolute Gasteiger partial charge is 0.481 e. The zero-order chi connectivity index (χ0) is 18.2. The maximum atomic E-state index is 12.4. The molecule has 3 rings (SSSR count). The Kier molecular flexibility index (Phi) is 4.30. The third-order valence-corrected chi connectivity index (χ3v) is 5.11. The molecule has 3 N–H and O–H groups in total. The van der Waals surface area contributed by atoms with Gasteiger partial charge in [0.25, 0.3) is 5.91 Å². The number of hydrogen-bond acceptors (Lipinski definition) is 5. The monoisotopic (exact) mass is 359 g/mol. The molecule has 1 aliphatic rings. The van der Waals surface area contributed by atoms with E-state index < -0.39 is 23.2 Å². The number of carboxylic acids is 1. The first-order valence-corrected chi connectivity index (χ1v) is 8.53. The van der Waals surface area contributed by atoms with Gasteiger partial charge in [0.2, 0.25) is 5.91 Å². The van der Waals surface area contributed by atoms with E-state index in [0.29, 0.717) is 16.4 Å². The van der Waals surface area contributed by atoms with E-state index in [2.05, 4.69) is 15.6 Å². The lowest BCUT2D eigenvalue weighted by molar-refractivity contribution is -0.140. The van der Waals surface area contributed by atoms with Crippen LogP contribution in [0.15, 0.2) is 35.8 Å². The van der Waals surface area contributed by atoms with Gasteiger partial charge in [-0.1, -0.05) is 19.9 Å². The highest BCUT2D eigenvalue weighted by Crippen LogP contribution is 2.58. The number of aliphatic carboxylic acids is 1. The molecule has 0 saturated heterocycles. The maximum absolute atomic E-state index is 12.4. The van der Waals surface area contributed by atoms with Crippen molar-refractivity contribution in [3.63, 3.8) is 0 Å². The van der Waals surface area contributed by atoms with Crippen molar-refractivity contribution in [3.05, 3.63) is 41.4 Å². The smallest absolute Gasteiger partial charge is 0.307 e. The molecule has 0 aliphatic heterocycles. The second-order valence-electron chi connectivity index (χ2n) is 6.48. The molecule has 0 spiro atoms. The number of hydrogen-bond donors (Lipinski definition) is 3. The Hall–Kier alpha value is -2.74. The summed E-state index contributed by atoms with van der Waals surface area (Å²) in [5.74, 6) is -2.93. The van der Waals surface area contributed by atoms with E-state index >= 15 is 0 Å². The third-order valence-electron chi connectivity index (χ3n) is 4.42. The second kappa shape index (κ2) is 6.29.